The zero-order valence-corrected chi connectivity index (χ0v) is 23.7. The standard InChI is InChI=1S/C30H33BrF3N3O3/c31-26-17-20(5-7-28(26)39-22-9-13-35-14-10-22)19-37-15-11-21(12-16-37)36-29(38)18-23-6-8-27(40-23)24-3-1-2-4-25(24)30(32,33)34/h1-8,17,21-22,35H,9-16,18-19H2,(H,36,38). The van der Waals surface area contributed by atoms with E-state index in [1.807, 2.05) is 6.07 Å². The predicted octanol–water partition coefficient (Wildman–Crippen LogP) is 6.18. The van der Waals surface area contributed by atoms with Crippen molar-refractivity contribution in [3.8, 4) is 17.1 Å². The number of alkyl halides is 3. The molecule has 2 saturated heterocycles. The summed E-state index contributed by atoms with van der Waals surface area (Å²) in [7, 11) is 0. The van der Waals surface area contributed by atoms with Crippen LogP contribution in [0.4, 0.5) is 13.2 Å². The number of piperidine rings is 2. The second kappa shape index (κ2) is 12.8. The number of benzene rings is 2. The van der Waals surface area contributed by atoms with Gasteiger partial charge in [-0.1, -0.05) is 24.3 Å². The second-order valence-electron chi connectivity index (χ2n) is 10.4. The monoisotopic (exact) mass is 619 g/mol. The first-order valence-corrected chi connectivity index (χ1v) is 14.5. The average Bonchev–Trinajstić information content (AvgIpc) is 3.39. The van der Waals surface area contributed by atoms with Crippen LogP contribution in [0.3, 0.4) is 0 Å². The number of nitrogens with zero attached hydrogens (tertiary/aromatic N) is 1. The van der Waals surface area contributed by atoms with E-state index in [1.54, 1.807) is 6.07 Å². The van der Waals surface area contributed by atoms with Crippen molar-refractivity contribution in [3.63, 3.8) is 0 Å². The fourth-order valence-electron chi connectivity index (χ4n) is 5.32. The van der Waals surface area contributed by atoms with E-state index in [0.717, 1.165) is 74.7 Å². The van der Waals surface area contributed by atoms with Gasteiger partial charge in [0.05, 0.1) is 16.5 Å². The molecular weight excluding hydrogens is 587 g/mol. The van der Waals surface area contributed by atoms with Gasteiger partial charge in [0.25, 0.3) is 0 Å². The van der Waals surface area contributed by atoms with Gasteiger partial charge in [-0.2, -0.15) is 13.2 Å². The molecule has 2 aliphatic rings. The number of rotatable bonds is 8. The minimum atomic E-state index is -4.49. The number of nitrogens with one attached hydrogen (secondary N) is 2. The SMILES string of the molecule is O=C(Cc1ccc(-c2ccccc2C(F)(F)F)o1)NC1CCN(Cc2ccc(OC3CCNCC3)c(Br)c2)CC1. The molecule has 0 spiro atoms. The van der Waals surface area contributed by atoms with Crippen molar-refractivity contribution >= 4 is 21.8 Å². The summed E-state index contributed by atoms with van der Waals surface area (Å²) in [6, 6.07) is 14.6. The third-order valence-electron chi connectivity index (χ3n) is 7.43. The third-order valence-corrected chi connectivity index (χ3v) is 8.05. The molecule has 2 fully saturated rings. The van der Waals surface area contributed by atoms with E-state index in [0.29, 0.717) is 5.76 Å². The Hall–Kier alpha value is -2.82. The molecule has 214 valence electrons. The van der Waals surface area contributed by atoms with Crippen LogP contribution in [0.1, 0.15) is 42.6 Å². The van der Waals surface area contributed by atoms with Gasteiger partial charge >= 0.3 is 6.18 Å². The van der Waals surface area contributed by atoms with E-state index < -0.39 is 11.7 Å². The van der Waals surface area contributed by atoms with Gasteiger partial charge in [0, 0.05) is 31.2 Å². The molecule has 0 radical (unpaired) electrons. The number of carbonyl (C=O) groups excluding carboxylic acids is 1. The van der Waals surface area contributed by atoms with Gasteiger partial charge in [-0.05, 0) is 90.6 Å². The van der Waals surface area contributed by atoms with Crippen LogP contribution in [0.15, 0.2) is 63.5 Å². The number of carbonyl (C=O) groups is 1. The molecule has 10 heteroatoms. The van der Waals surface area contributed by atoms with Crippen LogP contribution in [0.5, 0.6) is 5.75 Å². The van der Waals surface area contributed by atoms with Gasteiger partial charge in [-0.25, -0.2) is 0 Å². The first-order valence-electron chi connectivity index (χ1n) is 13.7. The lowest BCUT2D eigenvalue weighted by Gasteiger charge is -2.32. The van der Waals surface area contributed by atoms with Crippen LogP contribution < -0.4 is 15.4 Å². The smallest absolute Gasteiger partial charge is 0.417 e. The molecule has 2 N–H and O–H groups in total. The van der Waals surface area contributed by atoms with Gasteiger partial charge in [0.1, 0.15) is 23.4 Å². The lowest BCUT2D eigenvalue weighted by molar-refractivity contribution is -0.137. The Morgan fingerprint density at radius 3 is 2.52 bits per heavy atom. The van der Waals surface area contributed by atoms with Crippen LogP contribution in [-0.2, 0) is 23.9 Å². The Balaban J connectivity index is 1.08. The summed E-state index contributed by atoms with van der Waals surface area (Å²) in [5, 5.41) is 6.41. The summed E-state index contributed by atoms with van der Waals surface area (Å²) in [5.74, 6) is 1.11. The number of halogens is 4. The fraction of sp³-hybridized carbons (Fsp3) is 0.433. The maximum Gasteiger partial charge on any atom is 0.417 e. The van der Waals surface area contributed by atoms with Gasteiger partial charge in [-0.15, -0.1) is 0 Å². The molecule has 40 heavy (non-hydrogen) atoms. The number of amides is 1. The molecular formula is C30H33BrF3N3O3. The van der Waals surface area contributed by atoms with E-state index in [-0.39, 0.29) is 35.8 Å². The zero-order valence-electron chi connectivity index (χ0n) is 22.1. The minimum absolute atomic E-state index is 0.0196. The van der Waals surface area contributed by atoms with Crippen LogP contribution in [-0.4, -0.2) is 49.1 Å². The Morgan fingerprint density at radius 1 is 1.05 bits per heavy atom. The number of hydrogen-bond donors (Lipinski definition) is 2. The summed E-state index contributed by atoms with van der Waals surface area (Å²) < 4.78 is 52.8. The molecule has 1 aromatic heterocycles. The summed E-state index contributed by atoms with van der Waals surface area (Å²) in [6.07, 6.45) is -0.584. The molecule has 6 nitrogen and oxygen atoms in total. The van der Waals surface area contributed by atoms with E-state index in [4.69, 9.17) is 9.15 Å². The van der Waals surface area contributed by atoms with Crippen molar-refractivity contribution in [1.29, 1.82) is 0 Å². The number of ether oxygens (including phenoxy) is 1. The molecule has 0 unspecified atom stereocenters. The summed E-state index contributed by atoms with van der Waals surface area (Å²) in [5.41, 5.74) is 0.402. The highest BCUT2D eigenvalue weighted by molar-refractivity contribution is 9.10. The van der Waals surface area contributed by atoms with Gasteiger partial charge in [0.15, 0.2) is 0 Å². The number of likely N-dealkylation sites (tertiary alicyclic amines) is 1. The maximum atomic E-state index is 13.4. The van der Waals surface area contributed by atoms with E-state index in [2.05, 4.69) is 43.6 Å². The first-order chi connectivity index (χ1) is 19.2. The highest BCUT2D eigenvalue weighted by Crippen LogP contribution is 2.37. The highest BCUT2D eigenvalue weighted by Gasteiger charge is 2.34. The number of hydrogen-bond acceptors (Lipinski definition) is 5. The molecule has 0 aliphatic carbocycles. The van der Waals surface area contributed by atoms with Gasteiger partial charge in [0.2, 0.25) is 5.91 Å². The third kappa shape index (κ3) is 7.47. The highest BCUT2D eigenvalue weighted by atomic mass is 79.9. The summed E-state index contributed by atoms with van der Waals surface area (Å²) >= 11 is 3.67. The van der Waals surface area contributed by atoms with Crippen molar-refractivity contribution in [1.82, 2.24) is 15.5 Å². The van der Waals surface area contributed by atoms with Crippen molar-refractivity contribution in [3.05, 3.63) is 76.0 Å². The Labute approximate surface area is 240 Å². The van der Waals surface area contributed by atoms with E-state index in [1.165, 1.54) is 29.8 Å². The lowest BCUT2D eigenvalue weighted by atomic mass is 10.0. The summed E-state index contributed by atoms with van der Waals surface area (Å²) in [6.45, 7) is 4.51. The van der Waals surface area contributed by atoms with Crippen LogP contribution >= 0.6 is 15.9 Å². The first kappa shape index (κ1) is 28.7. The quantitative estimate of drug-likeness (QED) is 0.315. The van der Waals surface area contributed by atoms with Crippen LogP contribution in [0.25, 0.3) is 11.3 Å². The number of furan rings is 1. The molecule has 0 bridgehead atoms. The van der Waals surface area contributed by atoms with Crippen molar-refractivity contribution < 1.29 is 27.1 Å². The predicted molar refractivity (Wildman–Crippen MR) is 150 cm³/mol. The van der Waals surface area contributed by atoms with Crippen molar-refractivity contribution in [2.75, 3.05) is 26.2 Å². The molecule has 5 rings (SSSR count). The Kier molecular flexibility index (Phi) is 9.17. The normalized spacial score (nSPS) is 17.6. The molecule has 1 amide bonds. The summed E-state index contributed by atoms with van der Waals surface area (Å²) in [4.78, 5) is 15.0. The maximum absolute atomic E-state index is 13.4. The lowest BCUT2D eigenvalue weighted by Crippen LogP contribution is -2.44. The van der Waals surface area contributed by atoms with E-state index >= 15 is 0 Å². The topological polar surface area (TPSA) is 66.7 Å². The molecule has 0 atom stereocenters. The van der Waals surface area contributed by atoms with Gasteiger partial charge < -0.3 is 19.8 Å². The molecule has 3 heterocycles. The largest absolute Gasteiger partial charge is 0.489 e. The van der Waals surface area contributed by atoms with Crippen molar-refractivity contribution in [2.45, 2.75) is 57.0 Å². The molecule has 3 aromatic rings. The average molecular weight is 621 g/mol. The minimum Gasteiger partial charge on any atom is -0.489 e. The Morgan fingerprint density at radius 2 is 1.80 bits per heavy atom. The molecule has 2 aromatic carbocycles. The molecule has 0 saturated carbocycles. The Bertz CT molecular complexity index is 1300. The molecule has 2 aliphatic heterocycles. The second-order valence-corrected chi connectivity index (χ2v) is 11.3. The van der Waals surface area contributed by atoms with Crippen LogP contribution in [0, 0.1) is 0 Å². The van der Waals surface area contributed by atoms with Gasteiger partial charge in [-0.3, -0.25) is 9.69 Å². The fourth-order valence-corrected chi connectivity index (χ4v) is 5.84. The zero-order chi connectivity index (χ0) is 28.1. The van der Waals surface area contributed by atoms with Crippen LogP contribution in [0.2, 0.25) is 0 Å². The van der Waals surface area contributed by atoms with Crippen molar-refractivity contribution in [2.24, 2.45) is 0 Å². The van der Waals surface area contributed by atoms with E-state index in [9.17, 15) is 18.0 Å².